The molecule has 0 N–H and O–H groups in total. The molecular weight excluding hydrogens is 227 g/mol. The molecule has 0 radical (unpaired) electrons. The molecule has 2 aromatic rings. The summed E-state index contributed by atoms with van der Waals surface area (Å²) >= 11 is 0. The van der Waals surface area contributed by atoms with E-state index in [0.29, 0.717) is 4.57 Å². The molecule has 0 fully saturated rings. The lowest BCUT2D eigenvalue weighted by Crippen LogP contribution is -2.38. The van der Waals surface area contributed by atoms with Gasteiger partial charge in [0.1, 0.15) is 0 Å². The monoisotopic (exact) mass is 234 g/mol. The Labute approximate surface area is 94.3 Å². The first-order valence-corrected chi connectivity index (χ1v) is 4.72. The number of aromatic nitrogens is 2. The Hall–Kier alpha value is -2.50. The van der Waals surface area contributed by atoms with Gasteiger partial charge in [0.2, 0.25) is 0 Å². The number of hydrogen-bond acceptors (Lipinski definition) is 3. The maximum atomic E-state index is 13.0. The summed E-state index contributed by atoms with van der Waals surface area (Å²) in [5.74, 6) is -0.693. The minimum absolute atomic E-state index is 0.230. The molecule has 86 valence electrons. The first-order chi connectivity index (χ1) is 8.11. The molecule has 0 aliphatic rings. The van der Waals surface area contributed by atoms with E-state index < -0.39 is 21.9 Å². The fourth-order valence-corrected chi connectivity index (χ4v) is 1.33. The Bertz CT molecular complexity index is 673. The van der Waals surface area contributed by atoms with Gasteiger partial charge in [-0.15, -0.1) is 0 Å². The van der Waals surface area contributed by atoms with E-state index in [1.165, 1.54) is 12.1 Å². The van der Waals surface area contributed by atoms with Gasteiger partial charge in [-0.25, -0.2) is 9.36 Å². The molecule has 1 heterocycles. The fraction of sp³-hybridized carbons (Fsp3) is 0. The van der Waals surface area contributed by atoms with Crippen LogP contribution in [0.25, 0.3) is 0 Å². The van der Waals surface area contributed by atoms with Gasteiger partial charge < -0.3 is 0 Å². The van der Waals surface area contributed by atoms with Crippen LogP contribution in [0.15, 0.2) is 52.2 Å². The Morgan fingerprint density at radius 1 is 1.06 bits per heavy atom. The van der Waals surface area contributed by atoms with E-state index in [1.807, 2.05) is 0 Å². The third kappa shape index (κ3) is 1.92. The number of halogens is 1. The van der Waals surface area contributed by atoms with Gasteiger partial charge in [0, 0.05) is 17.8 Å². The average Bonchev–Trinajstić information content (AvgIpc) is 2.36. The van der Waals surface area contributed by atoms with Crippen molar-refractivity contribution >= 4 is 5.91 Å². The van der Waals surface area contributed by atoms with E-state index in [9.17, 15) is 18.9 Å². The largest absolute Gasteiger partial charge is 0.367 e. The summed E-state index contributed by atoms with van der Waals surface area (Å²) in [7, 11) is 0. The molecule has 0 atom stereocenters. The van der Waals surface area contributed by atoms with Crippen molar-refractivity contribution in [2.24, 2.45) is 0 Å². The molecule has 0 saturated carbocycles. The lowest BCUT2D eigenvalue weighted by atomic mass is 10.2. The molecule has 1 aromatic heterocycles. The second-order valence-electron chi connectivity index (χ2n) is 3.26. The van der Waals surface area contributed by atoms with E-state index in [0.717, 1.165) is 12.3 Å². The van der Waals surface area contributed by atoms with E-state index in [4.69, 9.17) is 0 Å². The number of nitrogens with zero attached hydrogens (tertiary/aromatic N) is 2. The van der Waals surface area contributed by atoms with Crippen molar-refractivity contribution < 1.29 is 9.28 Å². The molecule has 0 spiro atoms. The van der Waals surface area contributed by atoms with Gasteiger partial charge >= 0.3 is 5.69 Å². The zero-order valence-corrected chi connectivity index (χ0v) is 8.54. The molecule has 0 aliphatic carbocycles. The summed E-state index contributed by atoms with van der Waals surface area (Å²) < 4.78 is 13.5. The number of rotatable bonds is 1. The second kappa shape index (κ2) is 4.17. The molecule has 0 bridgehead atoms. The smallest absolute Gasteiger partial charge is 0.268 e. The summed E-state index contributed by atoms with van der Waals surface area (Å²) in [5, 5.41) is 0. The predicted molar refractivity (Wildman–Crippen MR) is 57.6 cm³/mol. The zero-order valence-electron chi connectivity index (χ0n) is 8.54. The molecule has 0 saturated heterocycles. The fourth-order valence-electron chi connectivity index (χ4n) is 1.33. The number of carbonyl (C=O) groups excluding carboxylic acids is 1. The SMILES string of the molecule is O=C(c1ccccc1)n1ccc(=O)n(F)c1=O. The Kier molecular flexibility index (Phi) is 2.70. The van der Waals surface area contributed by atoms with Crippen LogP contribution in [0, 0.1) is 0 Å². The van der Waals surface area contributed by atoms with Crippen molar-refractivity contribution in [3.8, 4) is 0 Å². The van der Waals surface area contributed by atoms with Crippen molar-refractivity contribution in [1.29, 1.82) is 0 Å². The zero-order chi connectivity index (χ0) is 12.4. The molecule has 0 aliphatic heterocycles. The molecule has 0 amide bonds. The van der Waals surface area contributed by atoms with Gasteiger partial charge in [0.15, 0.2) is 0 Å². The van der Waals surface area contributed by atoms with Gasteiger partial charge in [-0.1, -0.05) is 27.5 Å². The maximum absolute atomic E-state index is 13.0. The first kappa shape index (κ1) is 11.0. The van der Waals surface area contributed by atoms with Crippen LogP contribution < -0.4 is 11.2 Å². The number of benzene rings is 1. The summed E-state index contributed by atoms with van der Waals surface area (Å²) in [6, 6.07) is 8.72. The minimum Gasteiger partial charge on any atom is -0.268 e. The second-order valence-corrected chi connectivity index (χ2v) is 3.26. The third-order valence-corrected chi connectivity index (χ3v) is 2.17. The summed E-state index contributed by atoms with van der Waals surface area (Å²) in [6.45, 7) is 0. The Balaban J connectivity index is 2.57. The Morgan fingerprint density at radius 3 is 2.35 bits per heavy atom. The Morgan fingerprint density at radius 2 is 1.71 bits per heavy atom. The third-order valence-electron chi connectivity index (χ3n) is 2.17. The van der Waals surface area contributed by atoms with Crippen LogP contribution in [0.1, 0.15) is 10.4 Å². The molecule has 5 nitrogen and oxygen atoms in total. The number of hydrogen-bond donors (Lipinski definition) is 0. The van der Waals surface area contributed by atoms with Crippen LogP contribution in [-0.2, 0) is 0 Å². The highest BCUT2D eigenvalue weighted by atomic mass is 19.2. The van der Waals surface area contributed by atoms with Gasteiger partial charge in [0.05, 0.1) is 0 Å². The molecular formula is C11H7FN2O3. The molecule has 1 aromatic carbocycles. The summed E-state index contributed by atoms with van der Waals surface area (Å²) in [5.41, 5.74) is -2.19. The summed E-state index contributed by atoms with van der Waals surface area (Å²) in [4.78, 5) is 33.4. The van der Waals surface area contributed by atoms with Gasteiger partial charge in [0.25, 0.3) is 11.5 Å². The minimum atomic E-state index is -1.31. The molecule has 2 rings (SSSR count). The van der Waals surface area contributed by atoms with Crippen LogP contribution >= 0.6 is 0 Å². The van der Waals surface area contributed by atoms with Crippen molar-refractivity contribution in [3.05, 3.63) is 69.0 Å². The molecule has 0 unspecified atom stereocenters. The highest BCUT2D eigenvalue weighted by Crippen LogP contribution is 2.00. The van der Waals surface area contributed by atoms with E-state index >= 15 is 0 Å². The van der Waals surface area contributed by atoms with Crippen molar-refractivity contribution in [2.75, 3.05) is 0 Å². The van der Waals surface area contributed by atoms with Crippen molar-refractivity contribution in [3.63, 3.8) is 0 Å². The summed E-state index contributed by atoms with van der Waals surface area (Å²) in [6.07, 6.45) is 0.954. The maximum Gasteiger partial charge on any atom is 0.367 e. The standard InChI is InChI=1S/C11H7FN2O3/c12-14-9(15)6-7-13(11(14)17)10(16)8-4-2-1-3-5-8/h1-7H. The normalized spacial score (nSPS) is 10.2. The quantitative estimate of drug-likeness (QED) is 0.718. The van der Waals surface area contributed by atoms with E-state index in [-0.39, 0.29) is 5.56 Å². The van der Waals surface area contributed by atoms with Crippen LogP contribution in [0.4, 0.5) is 4.48 Å². The predicted octanol–water partition coefficient (Wildman–Crippen LogP) is 0.431. The lowest BCUT2D eigenvalue weighted by Gasteiger charge is -2.03. The van der Waals surface area contributed by atoms with Crippen LogP contribution in [0.3, 0.4) is 0 Å². The van der Waals surface area contributed by atoms with Crippen LogP contribution in [0.5, 0.6) is 0 Å². The molecule has 6 heteroatoms. The van der Waals surface area contributed by atoms with Gasteiger partial charge in [-0.05, 0) is 12.1 Å². The highest BCUT2D eigenvalue weighted by Gasteiger charge is 2.12. The topological polar surface area (TPSA) is 61.1 Å². The van der Waals surface area contributed by atoms with E-state index in [1.54, 1.807) is 18.2 Å². The van der Waals surface area contributed by atoms with Crippen molar-refractivity contribution in [1.82, 2.24) is 9.36 Å². The van der Waals surface area contributed by atoms with Gasteiger partial charge in [-0.3, -0.25) is 9.59 Å². The van der Waals surface area contributed by atoms with Crippen LogP contribution in [-0.4, -0.2) is 15.3 Å². The number of carbonyl (C=O) groups is 1. The van der Waals surface area contributed by atoms with Crippen molar-refractivity contribution in [2.45, 2.75) is 0 Å². The molecule has 17 heavy (non-hydrogen) atoms. The average molecular weight is 234 g/mol. The van der Waals surface area contributed by atoms with E-state index in [2.05, 4.69) is 0 Å². The lowest BCUT2D eigenvalue weighted by molar-refractivity contribution is 0.0946. The van der Waals surface area contributed by atoms with Crippen LogP contribution in [0.2, 0.25) is 0 Å². The highest BCUT2D eigenvalue weighted by molar-refractivity contribution is 5.95. The van der Waals surface area contributed by atoms with Gasteiger partial charge in [-0.2, -0.15) is 0 Å². The first-order valence-electron chi connectivity index (χ1n) is 4.72.